The van der Waals surface area contributed by atoms with Gasteiger partial charge in [-0.05, 0) is 31.5 Å². The standard InChI is InChI=1S/C18H21NO/c1-4-18(13-20,19-17-8-6-5-7-9-17)16-11-14(2)10-15(3)12-16/h4-12,19-20H,1,13H2,2-3H3/t18-/m1/s1. The molecule has 0 aliphatic carbocycles. The van der Waals surface area contributed by atoms with E-state index in [1.807, 2.05) is 30.3 Å². The molecule has 0 bridgehead atoms. The Balaban J connectivity index is 2.45. The number of hydrogen-bond donors (Lipinski definition) is 2. The second-order valence-electron chi connectivity index (χ2n) is 5.20. The Morgan fingerprint density at radius 2 is 1.70 bits per heavy atom. The summed E-state index contributed by atoms with van der Waals surface area (Å²) in [5.74, 6) is 0. The molecule has 0 aliphatic heterocycles. The van der Waals surface area contributed by atoms with Crippen molar-refractivity contribution in [1.82, 2.24) is 0 Å². The van der Waals surface area contributed by atoms with Crippen LogP contribution in [0.4, 0.5) is 5.69 Å². The summed E-state index contributed by atoms with van der Waals surface area (Å²) in [6.07, 6.45) is 1.77. The molecule has 2 N–H and O–H groups in total. The summed E-state index contributed by atoms with van der Waals surface area (Å²) in [6, 6.07) is 16.2. The van der Waals surface area contributed by atoms with E-state index in [1.165, 1.54) is 11.1 Å². The van der Waals surface area contributed by atoms with E-state index in [0.717, 1.165) is 11.3 Å². The van der Waals surface area contributed by atoms with Gasteiger partial charge in [0, 0.05) is 5.69 Å². The molecule has 1 atom stereocenters. The van der Waals surface area contributed by atoms with Crippen LogP contribution in [0, 0.1) is 13.8 Å². The Morgan fingerprint density at radius 3 is 2.20 bits per heavy atom. The topological polar surface area (TPSA) is 32.3 Å². The lowest BCUT2D eigenvalue weighted by molar-refractivity contribution is 0.241. The van der Waals surface area contributed by atoms with Gasteiger partial charge in [0.2, 0.25) is 0 Å². The summed E-state index contributed by atoms with van der Waals surface area (Å²) in [6.45, 7) is 7.99. The average Bonchev–Trinajstić information content (AvgIpc) is 2.45. The molecule has 0 saturated heterocycles. The quantitative estimate of drug-likeness (QED) is 0.808. The van der Waals surface area contributed by atoms with Gasteiger partial charge in [-0.3, -0.25) is 0 Å². The number of aliphatic hydroxyl groups excluding tert-OH is 1. The van der Waals surface area contributed by atoms with Gasteiger partial charge in [-0.25, -0.2) is 0 Å². The molecule has 2 heteroatoms. The van der Waals surface area contributed by atoms with E-state index in [1.54, 1.807) is 6.08 Å². The van der Waals surface area contributed by atoms with E-state index >= 15 is 0 Å². The largest absolute Gasteiger partial charge is 0.393 e. The summed E-state index contributed by atoms with van der Waals surface area (Å²) >= 11 is 0. The third kappa shape index (κ3) is 2.91. The summed E-state index contributed by atoms with van der Waals surface area (Å²) in [4.78, 5) is 0. The Hall–Kier alpha value is -2.06. The van der Waals surface area contributed by atoms with Crippen LogP contribution in [0.2, 0.25) is 0 Å². The molecule has 0 heterocycles. The summed E-state index contributed by atoms with van der Waals surface area (Å²) in [5.41, 5.74) is 3.67. The van der Waals surface area contributed by atoms with Gasteiger partial charge in [-0.2, -0.15) is 0 Å². The first kappa shape index (κ1) is 14.4. The van der Waals surface area contributed by atoms with Gasteiger partial charge in [0.05, 0.1) is 6.61 Å². The van der Waals surface area contributed by atoms with Crippen LogP contribution in [0.15, 0.2) is 61.2 Å². The van der Waals surface area contributed by atoms with Gasteiger partial charge in [-0.1, -0.05) is 53.6 Å². The van der Waals surface area contributed by atoms with Gasteiger partial charge in [0.1, 0.15) is 5.54 Å². The fraction of sp³-hybridized carbons (Fsp3) is 0.222. The highest BCUT2D eigenvalue weighted by atomic mass is 16.3. The monoisotopic (exact) mass is 267 g/mol. The molecule has 2 nitrogen and oxygen atoms in total. The molecule has 0 amide bonds. The maximum atomic E-state index is 9.94. The number of aryl methyl sites for hydroxylation is 2. The predicted molar refractivity (Wildman–Crippen MR) is 84.9 cm³/mol. The van der Waals surface area contributed by atoms with Crippen LogP contribution < -0.4 is 5.32 Å². The summed E-state index contributed by atoms with van der Waals surface area (Å²) < 4.78 is 0. The zero-order valence-corrected chi connectivity index (χ0v) is 12.1. The minimum absolute atomic E-state index is 0.0473. The van der Waals surface area contributed by atoms with Crippen LogP contribution in [0.25, 0.3) is 0 Å². The molecule has 104 valence electrons. The van der Waals surface area contributed by atoms with E-state index in [0.29, 0.717) is 0 Å². The zero-order valence-electron chi connectivity index (χ0n) is 12.1. The second kappa shape index (κ2) is 5.93. The minimum atomic E-state index is -0.669. The molecule has 0 aliphatic rings. The third-order valence-electron chi connectivity index (χ3n) is 3.48. The normalized spacial score (nSPS) is 13.6. The molecule has 0 radical (unpaired) electrons. The van der Waals surface area contributed by atoms with Crippen molar-refractivity contribution in [3.63, 3.8) is 0 Å². The molecule has 20 heavy (non-hydrogen) atoms. The van der Waals surface area contributed by atoms with Crippen molar-refractivity contribution in [2.75, 3.05) is 11.9 Å². The number of rotatable bonds is 5. The first-order chi connectivity index (χ1) is 9.59. The van der Waals surface area contributed by atoms with Crippen molar-refractivity contribution in [2.24, 2.45) is 0 Å². The van der Waals surface area contributed by atoms with Gasteiger partial charge >= 0.3 is 0 Å². The van der Waals surface area contributed by atoms with Crippen molar-refractivity contribution >= 4 is 5.69 Å². The highest BCUT2D eigenvalue weighted by Crippen LogP contribution is 2.29. The first-order valence-corrected chi connectivity index (χ1v) is 6.76. The second-order valence-corrected chi connectivity index (χ2v) is 5.20. The maximum Gasteiger partial charge on any atom is 0.104 e. The van der Waals surface area contributed by atoms with Crippen molar-refractivity contribution in [3.05, 3.63) is 77.9 Å². The SMILES string of the molecule is C=C[C@](CO)(Nc1ccccc1)c1cc(C)cc(C)c1. The van der Waals surface area contributed by atoms with E-state index in [-0.39, 0.29) is 6.61 Å². The van der Waals surface area contributed by atoms with Crippen molar-refractivity contribution in [1.29, 1.82) is 0 Å². The lowest BCUT2D eigenvalue weighted by atomic mass is 9.88. The van der Waals surface area contributed by atoms with Crippen LogP contribution in [0.1, 0.15) is 16.7 Å². The predicted octanol–water partition coefficient (Wildman–Crippen LogP) is 3.79. The number of nitrogens with one attached hydrogen (secondary N) is 1. The van der Waals surface area contributed by atoms with Crippen molar-refractivity contribution in [3.8, 4) is 0 Å². The van der Waals surface area contributed by atoms with Crippen LogP contribution in [0.5, 0.6) is 0 Å². The molecule has 2 rings (SSSR count). The lowest BCUT2D eigenvalue weighted by Gasteiger charge is -2.32. The fourth-order valence-electron chi connectivity index (χ4n) is 2.45. The van der Waals surface area contributed by atoms with Gasteiger partial charge in [0.15, 0.2) is 0 Å². The number of anilines is 1. The Bertz CT molecular complexity index is 571. The van der Waals surface area contributed by atoms with Crippen LogP contribution in [-0.2, 0) is 5.54 Å². The maximum absolute atomic E-state index is 9.94. The molecular formula is C18H21NO. The van der Waals surface area contributed by atoms with E-state index < -0.39 is 5.54 Å². The number of benzene rings is 2. The fourth-order valence-corrected chi connectivity index (χ4v) is 2.45. The first-order valence-electron chi connectivity index (χ1n) is 6.76. The molecule has 0 saturated carbocycles. The average molecular weight is 267 g/mol. The molecular weight excluding hydrogens is 246 g/mol. The zero-order chi connectivity index (χ0) is 14.6. The Labute approximate surface area is 120 Å². The Kier molecular flexibility index (Phi) is 4.26. The third-order valence-corrected chi connectivity index (χ3v) is 3.48. The molecule has 2 aromatic rings. The number of aliphatic hydroxyl groups is 1. The number of hydrogen-bond acceptors (Lipinski definition) is 2. The van der Waals surface area contributed by atoms with Crippen LogP contribution in [0.3, 0.4) is 0 Å². The van der Waals surface area contributed by atoms with Gasteiger partial charge < -0.3 is 10.4 Å². The van der Waals surface area contributed by atoms with Crippen LogP contribution >= 0.6 is 0 Å². The molecule has 0 spiro atoms. The molecule has 0 unspecified atom stereocenters. The minimum Gasteiger partial charge on any atom is -0.393 e. The number of para-hydroxylation sites is 1. The van der Waals surface area contributed by atoms with E-state index in [4.69, 9.17) is 0 Å². The highest BCUT2D eigenvalue weighted by molar-refractivity contribution is 5.51. The van der Waals surface area contributed by atoms with Crippen molar-refractivity contribution in [2.45, 2.75) is 19.4 Å². The van der Waals surface area contributed by atoms with Crippen LogP contribution in [-0.4, -0.2) is 11.7 Å². The summed E-state index contributed by atoms with van der Waals surface area (Å²) in [5, 5.41) is 13.3. The van der Waals surface area contributed by atoms with E-state index in [9.17, 15) is 5.11 Å². The van der Waals surface area contributed by atoms with Gasteiger partial charge in [0.25, 0.3) is 0 Å². The summed E-state index contributed by atoms with van der Waals surface area (Å²) in [7, 11) is 0. The lowest BCUT2D eigenvalue weighted by Crippen LogP contribution is -2.37. The highest BCUT2D eigenvalue weighted by Gasteiger charge is 2.28. The molecule has 0 fully saturated rings. The Morgan fingerprint density at radius 1 is 1.10 bits per heavy atom. The molecule has 0 aromatic heterocycles. The smallest absolute Gasteiger partial charge is 0.104 e. The van der Waals surface area contributed by atoms with E-state index in [2.05, 4.69) is 43.9 Å². The van der Waals surface area contributed by atoms with Gasteiger partial charge in [-0.15, -0.1) is 6.58 Å². The van der Waals surface area contributed by atoms with Crippen molar-refractivity contribution < 1.29 is 5.11 Å². The molecule has 2 aromatic carbocycles.